The van der Waals surface area contributed by atoms with Gasteiger partial charge in [-0.15, -0.1) is 10.2 Å². The molecule has 1 heterocycles. The molecule has 0 unspecified atom stereocenters. The smallest absolute Gasteiger partial charge is 0.269 e. The van der Waals surface area contributed by atoms with Crippen molar-refractivity contribution in [2.45, 2.75) is 11.6 Å². The molecule has 4 aromatic carbocycles. The number of amides is 1. The number of hydrogen-bond donors (Lipinski definition) is 1. The predicted octanol–water partition coefficient (Wildman–Crippen LogP) is 6.31. The number of rotatable bonds is 12. The maximum atomic E-state index is 12.7. The van der Waals surface area contributed by atoms with Gasteiger partial charge in [0, 0.05) is 29.9 Å². The first-order valence-electron chi connectivity index (χ1n) is 13.1. The Morgan fingerprint density at radius 2 is 1.58 bits per heavy atom. The number of nitro benzene ring substituents is 1. The van der Waals surface area contributed by atoms with Crippen molar-refractivity contribution < 1.29 is 23.9 Å². The van der Waals surface area contributed by atoms with Gasteiger partial charge in [-0.1, -0.05) is 36.0 Å². The Hall–Kier alpha value is -5.36. The van der Waals surface area contributed by atoms with E-state index in [1.807, 2.05) is 77.4 Å². The third-order valence-corrected chi connectivity index (χ3v) is 7.21. The molecular weight excluding hydrogens is 570 g/mol. The van der Waals surface area contributed by atoms with E-state index < -0.39 is 4.92 Å². The SMILES string of the molecule is COc1ccc(Cc2nnc(SCC(=O)Nc3ccc([N+](=O)[O-])cc3)n2-c2ccc(Oc3ccccc3)cc2)cc1OC. The molecule has 0 aliphatic rings. The van der Waals surface area contributed by atoms with E-state index >= 15 is 0 Å². The van der Waals surface area contributed by atoms with E-state index in [4.69, 9.17) is 14.2 Å². The van der Waals surface area contributed by atoms with Crippen LogP contribution in [0.25, 0.3) is 5.69 Å². The van der Waals surface area contributed by atoms with Gasteiger partial charge in [-0.05, 0) is 66.2 Å². The van der Waals surface area contributed by atoms with Gasteiger partial charge in [-0.2, -0.15) is 0 Å². The number of para-hydroxylation sites is 1. The second-order valence-corrected chi connectivity index (χ2v) is 10.1. The number of aromatic nitrogens is 3. The number of nitrogens with zero attached hydrogens (tertiary/aromatic N) is 4. The molecule has 0 aliphatic heterocycles. The number of carbonyl (C=O) groups excluding carboxylic acids is 1. The van der Waals surface area contributed by atoms with Gasteiger partial charge < -0.3 is 19.5 Å². The second-order valence-electron chi connectivity index (χ2n) is 9.15. The second kappa shape index (κ2) is 13.5. The number of nitrogens with one attached hydrogen (secondary N) is 1. The Labute approximate surface area is 251 Å². The number of anilines is 1. The van der Waals surface area contributed by atoms with Crippen LogP contribution >= 0.6 is 11.8 Å². The van der Waals surface area contributed by atoms with E-state index in [-0.39, 0.29) is 17.3 Å². The largest absolute Gasteiger partial charge is 0.493 e. The molecule has 0 spiro atoms. The van der Waals surface area contributed by atoms with Crippen LogP contribution in [0.15, 0.2) is 102 Å². The molecule has 0 atom stereocenters. The first-order chi connectivity index (χ1) is 20.9. The number of benzene rings is 4. The van der Waals surface area contributed by atoms with E-state index in [1.54, 1.807) is 14.2 Å². The lowest BCUT2D eigenvalue weighted by molar-refractivity contribution is -0.384. The molecular formula is C31H27N5O6S. The van der Waals surface area contributed by atoms with Crippen molar-refractivity contribution in [1.82, 2.24) is 14.8 Å². The molecule has 218 valence electrons. The van der Waals surface area contributed by atoms with E-state index in [9.17, 15) is 14.9 Å². The van der Waals surface area contributed by atoms with Gasteiger partial charge in [0.05, 0.1) is 24.9 Å². The number of nitro groups is 1. The van der Waals surface area contributed by atoms with E-state index in [0.29, 0.717) is 40.3 Å². The van der Waals surface area contributed by atoms with Crippen LogP contribution in [0.1, 0.15) is 11.4 Å². The number of hydrogen-bond acceptors (Lipinski definition) is 9. The fraction of sp³-hybridized carbons (Fsp3) is 0.129. The monoisotopic (exact) mass is 597 g/mol. The lowest BCUT2D eigenvalue weighted by Crippen LogP contribution is -2.14. The lowest BCUT2D eigenvalue weighted by Gasteiger charge is -2.13. The predicted molar refractivity (Wildman–Crippen MR) is 163 cm³/mol. The minimum atomic E-state index is -0.492. The summed E-state index contributed by atoms with van der Waals surface area (Å²) in [5, 5.41) is 23.0. The Bertz CT molecular complexity index is 1710. The molecule has 1 aromatic heterocycles. The highest BCUT2D eigenvalue weighted by atomic mass is 32.2. The summed E-state index contributed by atoms with van der Waals surface area (Å²) < 4.78 is 18.7. The zero-order valence-corrected chi connectivity index (χ0v) is 24.1. The van der Waals surface area contributed by atoms with E-state index in [2.05, 4.69) is 15.5 Å². The summed E-state index contributed by atoms with van der Waals surface area (Å²) >= 11 is 1.22. The van der Waals surface area contributed by atoms with Crippen LogP contribution in [-0.2, 0) is 11.2 Å². The molecule has 0 saturated heterocycles. The lowest BCUT2D eigenvalue weighted by atomic mass is 10.1. The first-order valence-corrected chi connectivity index (χ1v) is 14.1. The van der Waals surface area contributed by atoms with Crippen LogP contribution < -0.4 is 19.5 Å². The molecule has 5 rings (SSSR count). The normalized spacial score (nSPS) is 10.7. The van der Waals surface area contributed by atoms with Gasteiger partial charge >= 0.3 is 0 Å². The average molecular weight is 598 g/mol. The number of ether oxygens (including phenoxy) is 3. The molecule has 0 bridgehead atoms. The third-order valence-electron chi connectivity index (χ3n) is 6.28. The van der Waals surface area contributed by atoms with Crippen LogP contribution in [0.4, 0.5) is 11.4 Å². The summed E-state index contributed by atoms with van der Waals surface area (Å²) in [6.45, 7) is 0. The summed E-state index contributed by atoms with van der Waals surface area (Å²) in [6.07, 6.45) is 0.436. The summed E-state index contributed by atoms with van der Waals surface area (Å²) in [7, 11) is 3.17. The minimum absolute atomic E-state index is 0.0423. The van der Waals surface area contributed by atoms with Crippen molar-refractivity contribution in [3.63, 3.8) is 0 Å². The molecule has 11 nitrogen and oxygen atoms in total. The Balaban J connectivity index is 1.38. The van der Waals surface area contributed by atoms with Gasteiger partial charge in [0.15, 0.2) is 16.7 Å². The van der Waals surface area contributed by atoms with Gasteiger partial charge in [0.1, 0.15) is 17.3 Å². The van der Waals surface area contributed by atoms with Crippen molar-refractivity contribution in [2.75, 3.05) is 25.3 Å². The highest BCUT2D eigenvalue weighted by Gasteiger charge is 2.18. The third kappa shape index (κ3) is 7.29. The summed E-state index contributed by atoms with van der Waals surface area (Å²) in [5.74, 6) is 3.03. The molecule has 0 fully saturated rings. The number of thioether (sulfide) groups is 1. The van der Waals surface area contributed by atoms with Gasteiger partial charge in [0.25, 0.3) is 5.69 Å². The summed E-state index contributed by atoms with van der Waals surface area (Å²) in [4.78, 5) is 23.1. The standard InChI is InChI=1S/C31H27N5O6S/c1-40-27-17-8-21(18-28(27)41-2)19-29-33-34-31(43-20-30(37)32-22-9-11-24(12-10-22)36(38)39)35(29)23-13-15-26(16-14-23)42-25-6-4-3-5-7-25/h3-18H,19-20H2,1-2H3,(H,32,37). The highest BCUT2D eigenvalue weighted by Crippen LogP contribution is 2.30. The van der Waals surface area contributed by atoms with Gasteiger partial charge in [-0.3, -0.25) is 19.5 Å². The Morgan fingerprint density at radius 1 is 0.884 bits per heavy atom. The van der Waals surface area contributed by atoms with Crippen LogP contribution in [0, 0.1) is 10.1 Å². The molecule has 0 radical (unpaired) electrons. The Morgan fingerprint density at radius 3 is 2.26 bits per heavy atom. The quantitative estimate of drug-likeness (QED) is 0.0999. The zero-order chi connectivity index (χ0) is 30.2. The van der Waals surface area contributed by atoms with Crippen molar-refractivity contribution in [3.8, 4) is 28.7 Å². The van der Waals surface area contributed by atoms with Crippen LogP contribution in [0.3, 0.4) is 0 Å². The average Bonchev–Trinajstić information content (AvgIpc) is 3.43. The molecule has 0 aliphatic carbocycles. The number of methoxy groups -OCH3 is 2. The fourth-order valence-electron chi connectivity index (χ4n) is 4.22. The summed E-state index contributed by atoms with van der Waals surface area (Å²) in [5.41, 5.74) is 2.13. The topological polar surface area (TPSA) is 131 Å². The molecule has 12 heteroatoms. The number of carbonyl (C=O) groups is 1. The van der Waals surface area contributed by atoms with Crippen molar-refractivity contribution in [1.29, 1.82) is 0 Å². The van der Waals surface area contributed by atoms with Crippen molar-refractivity contribution in [2.24, 2.45) is 0 Å². The van der Waals surface area contributed by atoms with Crippen LogP contribution in [0.5, 0.6) is 23.0 Å². The summed E-state index contributed by atoms with van der Waals surface area (Å²) in [6, 6.07) is 28.3. The first kappa shape index (κ1) is 29.1. The number of non-ortho nitro benzene ring substituents is 1. The van der Waals surface area contributed by atoms with Gasteiger partial charge in [0.2, 0.25) is 5.91 Å². The van der Waals surface area contributed by atoms with Gasteiger partial charge in [-0.25, -0.2) is 0 Å². The maximum absolute atomic E-state index is 12.7. The van der Waals surface area contributed by atoms with Crippen LogP contribution in [-0.4, -0.2) is 45.6 Å². The highest BCUT2D eigenvalue weighted by molar-refractivity contribution is 7.99. The molecule has 1 N–H and O–H groups in total. The van der Waals surface area contributed by atoms with Crippen molar-refractivity contribution >= 4 is 29.0 Å². The van der Waals surface area contributed by atoms with E-state index in [1.165, 1.54) is 36.0 Å². The molecule has 5 aromatic rings. The van der Waals surface area contributed by atoms with Crippen molar-refractivity contribution in [3.05, 3.63) is 119 Å². The molecule has 43 heavy (non-hydrogen) atoms. The minimum Gasteiger partial charge on any atom is -0.493 e. The van der Waals surface area contributed by atoms with Crippen LogP contribution in [0.2, 0.25) is 0 Å². The molecule has 1 amide bonds. The van der Waals surface area contributed by atoms with E-state index in [0.717, 1.165) is 17.0 Å². The fourth-order valence-corrected chi connectivity index (χ4v) is 4.99. The Kier molecular flexibility index (Phi) is 9.17. The maximum Gasteiger partial charge on any atom is 0.269 e. The molecule has 0 saturated carbocycles. The zero-order valence-electron chi connectivity index (χ0n) is 23.3.